The van der Waals surface area contributed by atoms with Crippen LogP contribution in [0.5, 0.6) is 0 Å². The molecular formula is C68H49N3. The number of nitrogens with one attached hydrogen (secondary N) is 1. The number of benzene rings is 12. The first-order valence-electron chi connectivity index (χ1n) is 24.7. The third kappa shape index (κ3) is 6.26. The molecule has 1 aliphatic rings. The number of nitrogens with zero attached hydrogens (tertiary/aromatic N) is 2. The highest BCUT2D eigenvalue weighted by atomic mass is 15.1. The Morgan fingerprint density at radius 2 is 0.845 bits per heavy atom. The first-order valence-corrected chi connectivity index (χ1v) is 24.7. The molecule has 1 N–H and O–H groups in total. The van der Waals surface area contributed by atoms with E-state index in [1.807, 2.05) is 24.3 Å². The highest BCUT2D eigenvalue weighted by molar-refractivity contribution is 6.30. The average Bonchev–Trinajstić information content (AvgIpc) is 3.86. The summed E-state index contributed by atoms with van der Waals surface area (Å²) in [6.07, 6.45) is -0.339. The Kier molecular flexibility index (Phi) is 9.06. The maximum absolute atomic E-state index is 5.42. The zero-order valence-corrected chi connectivity index (χ0v) is 40.0. The summed E-state index contributed by atoms with van der Waals surface area (Å²) in [5.41, 5.74) is 13.5. The van der Waals surface area contributed by atoms with E-state index in [1.165, 1.54) is 109 Å². The topological polar surface area (TPSA) is 29.3 Å². The summed E-state index contributed by atoms with van der Waals surface area (Å²) in [6.45, 7) is 11.4. The molecule has 1 atom stereocenters. The Balaban J connectivity index is 1.02. The third-order valence-electron chi connectivity index (χ3n) is 15.7. The van der Waals surface area contributed by atoms with Crippen molar-refractivity contribution in [3.8, 4) is 16.8 Å². The Bertz CT molecular complexity index is 4420. The van der Waals surface area contributed by atoms with Gasteiger partial charge in [-0.15, -0.1) is 0 Å². The van der Waals surface area contributed by atoms with Gasteiger partial charge in [0.25, 0.3) is 0 Å². The van der Waals surface area contributed by atoms with Crippen molar-refractivity contribution in [3.05, 3.63) is 253 Å². The van der Waals surface area contributed by atoms with Crippen molar-refractivity contribution < 1.29 is 0 Å². The summed E-state index contributed by atoms with van der Waals surface area (Å²) in [6, 6.07) is 80.4. The molecule has 0 aliphatic heterocycles. The third-order valence-corrected chi connectivity index (χ3v) is 15.7. The van der Waals surface area contributed by atoms with Gasteiger partial charge in [0.15, 0.2) is 0 Å². The van der Waals surface area contributed by atoms with E-state index in [1.54, 1.807) is 0 Å². The molecule has 71 heavy (non-hydrogen) atoms. The van der Waals surface area contributed by atoms with E-state index in [2.05, 4.69) is 231 Å². The Morgan fingerprint density at radius 3 is 1.42 bits per heavy atom. The second-order valence-electron chi connectivity index (χ2n) is 20.0. The van der Waals surface area contributed by atoms with Crippen LogP contribution in [0.4, 0.5) is 0 Å². The summed E-state index contributed by atoms with van der Waals surface area (Å²) in [5.74, 6) is 0. The van der Waals surface area contributed by atoms with E-state index >= 15 is 0 Å². The van der Waals surface area contributed by atoms with Gasteiger partial charge in [0.05, 0.1) is 11.0 Å². The van der Waals surface area contributed by atoms with Crippen molar-refractivity contribution in [3.63, 3.8) is 0 Å². The summed E-state index contributed by atoms with van der Waals surface area (Å²) in [5, 5.41) is 21.6. The minimum absolute atomic E-state index is 0.257. The van der Waals surface area contributed by atoms with Crippen molar-refractivity contribution in [1.82, 2.24) is 9.88 Å². The number of aliphatic imine (C=N–C) groups is 1. The van der Waals surface area contributed by atoms with Crippen LogP contribution < -0.4 is 5.32 Å². The quantitative estimate of drug-likeness (QED) is 0.125. The fraction of sp³-hybridized carbons (Fsp3) is 0.0735. The smallest absolute Gasteiger partial charge is 0.145 e. The Hall–Kier alpha value is -8.79. The van der Waals surface area contributed by atoms with Gasteiger partial charge < -0.3 is 9.88 Å². The van der Waals surface area contributed by atoms with Crippen LogP contribution in [0.25, 0.3) is 109 Å². The molecule has 1 unspecified atom stereocenters. The molecule has 0 bridgehead atoms. The lowest BCUT2D eigenvalue weighted by molar-refractivity contribution is 0.662. The molecule has 14 rings (SSSR count). The normalized spacial score (nSPS) is 13.8. The van der Waals surface area contributed by atoms with Crippen LogP contribution in [0, 0.1) is 0 Å². The molecule has 1 aliphatic carbocycles. The lowest BCUT2D eigenvalue weighted by atomic mass is 9.81. The highest BCUT2D eigenvalue weighted by Gasteiger charge is 2.37. The highest BCUT2D eigenvalue weighted by Crippen LogP contribution is 2.54. The molecule has 3 heteroatoms. The summed E-state index contributed by atoms with van der Waals surface area (Å²) < 4.78 is 2.52. The Labute approximate surface area is 412 Å². The van der Waals surface area contributed by atoms with E-state index in [0.29, 0.717) is 0 Å². The zero-order chi connectivity index (χ0) is 47.5. The number of aromatic nitrogens is 1. The van der Waals surface area contributed by atoms with E-state index in [9.17, 15) is 0 Å². The van der Waals surface area contributed by atoms with Crippen molar-refractivity contribution in [2.75, 3.05) is 0 Å². The predicted molar refractivity (Wildman–Crippen MR) is 303 cm³/mol. The average molecular weight is 908 g/mol. The fourth-order valence-electron chi connectivity index (χ4n) is 12.2. The molecule has 0 saturated heterocycles. The first kappa shape index (κ1) is 41.2. The van der Waals surface area contributed by atoms with Crippen LogP contribution in [-0.4, -0.2) is 10.3 Å². The number of fused-ring (bicyclic) bond motifs is 18. The van der Waals surface area contributed by atoms with Gasteiger partial charge in [-0.2, -0.15) is 0 Å². The summed E-state index contributed by atoms with van der Waals surface area (Å²) in [7, 11) is 0. The van der Waals surface area contributed by atoms with Gasteiger partial charge in [0.2, 0.25) is 0 Å². The predicted octanol–water partition coefficient (Wildman–Crippen LogP) is 17.8. The number of hydrogen-bond donors (Lipinski definition) is 1. The van der Waals surface area contributed by atoms with Crippen molar-refractivity contribution in [2.24, 2.45) is 4.99 Å². The van der Waals surface area contributed by atoms with Crippen LogP contribution in [0.1, 0.15) is 54.8 Å². The molecule has 13 aromatic rings. The van der Waals surface area contributed by atoms with Crippen molar-refractivity contribution in [2.45, 2.75) is 32.4 Å². The van der Waals surface area contributed by atoms with Gasteiger partial charge in [-0.05, 0) is 159 Å². The zero-order valence-electron chi connectivity index (χ0n) is 40.0. The van der Waals surface area contributed by atoms with E-state index < -0.39 is 0 Å². The molecule has 1 heterocycles. The van der Waals surface area contributed by atoms with Gasteiger partial charge >= 0.3 is 0 Å². The van der Waals surface area contributed by atoms with Crippen LogP contribution in [0.3, 0.4) is 0 Å². The molecule has 12 aromatic carbocycles. The largest absolute Gasteiger partial charge is 0.360 e. The summed E-state index contributed by atoms with van der Waals surface area (Å²) in [4.78, 5) is 5.42. The number of rotatable bonds is 7. The van der Waals surface area contributed by atoms with Gasteiger partial charge in [0.1, 0.15) is 6.17 Å². The van der Waals surface area contributed by atoms with Crippen LogP contribution in [0.2, 0.25) is 0 Å². The van der Waals surface area contributed by atoms with Gasteiger partial charge in [-0.3, -0.25) is 4.99 Å². The standard InChI is InChI=1S/C68H49N3/c1-41(43-20-7-5-8-21-43)69-67(44-22-9-6-10-23-44)70-42(2)45-24-19-25-46(34-45)71-65-39-58-54-33-18-14-29-50(54)48-27-12-16-31-52(48)56(58)36-61(65)62-37-60-59-35-55-51-30-15-11-26-47(51)49-28-13-17-32-53(49)57(55)38-63(59)68(3,4)64(60)40-66(62)71/h5-40,67,69H,1H2,2-4H3/b70-42+. The van der Waals surface area contributed by atoms with Crippen LogP contribution >= 0.6 is 0 Å². The molecule has 0 amide bonds. The fourth-order valence-corrected chi connectivity index (χ4v) is 12.2. The van der Waals surface area contributed by atoms with Gasteiger partial charge in [0, 0.05) is 33.3 Å². The number of hydrogen-bond acceptors (Lipinski definition) is 2. The monoisotopic (exact) mass is 907 g/mol. The van der Waals surface area contributed by atoms with E-state index in [4.69, 9.17) is 4.99 Å². The SMILES string of the molecule is C=C(NC(/N=C(\C)c1cccc(-n2c3cc4c(cc3c3cc5c6ccccc6c6ccccc6c5cc32)-c2cc3c5ccccc5c5ccccc5c3cc2C4(C)C)c1)c1ccccc1)c1ccccc1. The van der Waals surface area contributed by atoms with E-state index in [-0.39, 0.29) is 11.6 Å². The maximum atomic E-state index is 5.42. The van der Waals surface area contributed by atoms with Crippen LogP contribution in [0.15, 0.2) is 230 Å². The molecule has 0 radical (unpaired) electrons. The van der Waals surface area contributed by atoms with Crippen LogP contribution in [-0.2, 0) is 5.41 Å². The van der Waals surface area contributed by atoms with E-state index in [0.717, 1.165) is 33.8 Å². The van der Waals surface area contributed by atoms with Gasteiger partial charge in [-0.25, -0.2) is 0 Å². The molecule has 0 fully saturated rings. The minimum atomic E-state index is -0.339. The van der Waals surface area contributed by atoms with Crippen molar-refractivity contribution in [1.29, 1.82) is 0 Å². The second-order valence-corrected chi connectivity index (χ2v) is 20.0. The lowest BCUT2D eigenvalue weighted by Gasteiger charge is -2.23. The first-order chi connectivity index (χ1) is 34.8. The molecule has 336 valence electrons. The lowest BCUT2D eigenvalue weighted by Crippen LogP contribution is -2.19. The Morgan fingerprint density at radius 1 is 0.423 bits per heavy atom. The molecule has 0 spiro atoms. The maximum Gasteiger partial charge on any atom is 0.145 e. The minimum Gasteiger partial charge on any atom is -0.360 e. The molecule has 1 aromatic heterocycles. The van der Waals surface area contributed by atoms with Gasteiger partial charge in [-0.1, -0.05) is 190 Å². The molecular weight excluding hydrogens is 859 g/mol. The summed E-state index contributed by atoms with van der Waals surface area (Å²) >= 11 is 0. The molecule has 0 saturated carbocycles. The molecule has 3 nitrogen and oxygen atoms in total. The van der Waals surface area contributed by atoms with Crippen molar-refractivity contribution >= 4 is 97.8 Å². The second kappa shape index (κ2) is 15.6.